The van der Waals surface area contributed by atoms with Crippen molar-refractivity contribution >= 4 is 34.3 Å². The smallest absolute Gasteiger partial charge is 0.246 e. The number of carbonyl (C=O) groups excluding carboxylic acids is 2. The van der Waals surface area contributed by atoms with E-state index in [0.717, 1.165) is 27.7 Å². The number of rotatable bonds is 1. The molecule has 2 aromatic carbocycles. The number of nitrogens with zero attached hydrogens (tertiary/aromatic N) is 2. The summed E-state index contributed by atoms with van der Waals surface area (Å²) in [6, 6.07) is 14.8. The number of hydrogen-bond donors (Lipinski definition) is 1. The molecule has 30 heavy (non-hydrogen) atoms. The van der Waals surface area contributed by atoms with Gasteiger partial charge in [0, 0.05) is 33.6 Å². The predicted octanol–water partition coefficient (Wildman–Crippen LogP) is 4.30. The number of para-hydroxylation sites is 1. The number of piperazine rings is 1. The van der Waals surface area contributed by atoms with Gasteiger partial charge in [0.15, 0.2) is 0 Å². The van der Waals surface area contributed by atoms with Gasteiger partial charge in [-0.25, -0.2) is 0 Å². The lowest BCUT2D eigenvalue weighted by Gasteiger charge is -2.50. The minimum atomic E-state index is -0.516. The van der Waals surface area contributed by atoms with E-state index in [-0.39, 0.29) is 24.4 Å². The highest BCUT2D eigenvalue weighted by Gasteiger charge is 2.50. The van der Waals surface area contributed by atoms with Crippen molar-refractivity contribution < 1.29 is 9.59 Å². The minimum Gasteiger partial charge on any atom is -0.356 e. The fraction of sp³-hybridized carbons (Fsp3) is 0.333. The second kappa shape index (κ2) is 6.61. The van der Waals surface area contributed by atoms with Crippen molar-refractivity contribution in [2.24, 2.45) is 0 Å². The van der Waals surface area contributed by atoms with Crippen LogP contribution < -0.4 is 0 Å². The normalized spacial score (nSPS) is 21.7. The van der Waals surface area contributed by atoms with Crippen molar-refractivity contribution in [1.29, 1.82) is 0 Å². The second-order valence-corrected chi connectivity index (χ2v) is 9.57. The van der Waals surface area contributed by atoms with Crippen LogP contribution in [0.25, 0.3) is 10.9 Å². The zero-order valence-electron chi connectivity index (χ0n) is 17.3. The molecule has 5 rings (SSSR count). The summed E-state index contributed by atoms with van der Waals surface area (Å²) in [5.41, 5.74) is 3.66. The molecule has 2 amide bonds. The quantitative estimate of drug-likeness (QED) is 0.636. The topological polar surface area (TPSA) is 56.4 Å². The van der Waals surface area contributed by atoms with Crippen molar-refractivity contribution in [1.82, 2.24) is 14.8 Å². The van der Waals surface area contributed by atoms with Gasteiger partial charge in [-0.15, -0.1) is 0 Å². The summed E-state index contributed by atoms with van der Waals surface area (Å²) in [6.07, 6.45) is 0.514. The monoisotopic (exact) mass is 421 g/mol. The molecule has 3 heterocycles. The molecule has 6 heteroatoms. The maximum atomic E-state index is 13.6. The Morgan fingerprint density at radius 1 is 1.03 bits per heavy atom. The first-order valence-corrected chi connectivity index (χ1v) is 10.6. The SMILES string of the molecule is CC(C)(C)N1CC(=O)N2[C@H](c3ccc(Cl)cc3)c3[nH]c4ccccc4c3C[C@H]2C1=O. The third-order valence-electron chi connectivity index (χ3n) is 6.26. The zero-order valence-corrected chi connectivity index (χ0v) is 18.0. The zero-order chi connectivity index (χ0) is 21.2. The largest absolute Gasteiger partial charge is 0.356 e. The van der Waals surface area contributed by atoms with Crippen molar-refractivity contribution in [2.45, 2.75) is 44.8 Å². The minimum absolute atomic E-state index is 0.0111. The van der Waals surface area contributed by atoms with E-state index < -0.39 is 11.6 Å². The van der Waals surface area contributed by atoms with Gasteiger partial charge < -0.3 is 14.8 Å². The highest BCUT2D eigenvalue weighted by Crippen LogP contribution is 2.43. The highest BCUT2D eigenvalue weighted by molar-refractivity contribution is 6.30. The lowest BCUT2D eigenvalue weighted by Crippen LogP contribution is -2.66. The number of carbonyl (C=O) groups is 2. The van der Waals surface area contributed by atoms with Gasteiger partial charge in [0.25, 0.3) is 0 Å². The Balaban J connectivity index is 1.72. The Kier molecular flexibility index (Phi) is 4.23. The van der Waals surface area contributed by atoms with Crippen LogP contribution in [0.3, 0.4) is 0 Å². The van der Waals surface area contributed by atoms with E-state index in [2.05, 4.69) is 11.1 Å². The molecule has 154 valence electrons. The first-order chi connectivity index (χ1) is 14.3. The Hall–Kier alpha value is -2.79. The number of benzene rings is 2. The molecule has 5 nitrogen and oxygen atoms in total. The Morgan fingerprint density at radius 3 is 2.43 bits per heavy atom. The molecule has 0 spiro atoms. The van der Waals surface area contributed by atoms with Gasteiger partial charge in [-0.3, -0.25) is 9.59 Å². The molecule has 0 unspecified atom stereocenters. The maximum absolute atomic E-state index is 13.6. The molecule has 2 atom stereocenters. The van der Waals surface area contributed by atoms with Crippen LogP contribution in [0.5, 0.6) is 0 Å². The summed E-state index contributed by atoms with van der Waals surface area (Å²) >= 11 is 6.12. The molecular weight excluding hydrogens is 398 g/mol. The third-order valence-corrected chi connectivity index (χ3v) is 6.51. The molecule has 1 saturated heterocycles. The van der Waals surface area contributed by atoms with Gasteiger partial charge in [-0.2, -0.15) is 0 Å². The van der Waals surface area contributed by atoms with E-state index in [1.807, 2.05) is 63.2 Å². The Morgan fingerprint density at radius 2 is 1.73 bits per heavy atom. The van der Waals surface area contributed by atoms with Crippen LogP contribution in [0.15, 0.2) is 48.5 Å². The second-order valence-electron chi connectivity index (χ2n) is 9.13. The van der Waals surface area contributed by atoms with Gasteiger partial charge >= 0.3 is 0 Å². The van der Waals surface area contributed by atoms with Crippen molar-refractivity contribution in [3.8, 4) is 0 Å². The van der Waals surface area contributed by atoms with E-state index in [4.69, 9.17) is 11.6 Å². The van der Waals surface area contributed by atoms with Crippen LogP contribution in [0, 0.1) is 0 Å². The summed E-state index contributed by atoms with van der Waals surface area (Å²) in [4.78, 5) is 34.0. The summed E-state index contributed by atoms with van der Waals surface area (Å²) in [7, 11) is 0. The molecule has 0 bridgehead atoms. The van der Waals surface area contributed by atoms with E-state index in [0.29, 0.717) is 11.4 Å². The predicted molar refractivity (Wildman–Crippen MR) is 117 cm³/mol. The molecule has 1 N–H and O–H groups in total. The summed E-state index contributed by atoms with van der Waals surface area (Å²) in [5.74, 6) is -0.0178. The number of aromatic nitrogens is 1. The van der Waals surface area contributed by atoms with Crippen LogP contribution in [0.1, 0.15) is 43.6 Å². The molecule has 1 aromatic heterocycles. The van der Waals surface area contributed by atoms with Crippen LogP contribution >= 0.6 is 11.6 Å². The van der Waals surface area contributed by atoms with E-state index >= 15 is 0 Å². The Bertz CT molecular complexity index is 1160. The summed E-state index contributed by atoms with van der Waals surface area (Å²) < 4.78 is 0. The molecule has 0 aliphatic carbocycles. The van der Waals surface area contributed by atoms with Crippen LogP contribution in [0.4, 0.5) is 0 Å². The number of aromatic amines is 1. The number of hydrogen-bond acceptors (Lipinski definition) is 2. The standard InChI is InChI=1S/C24H24ClN3O2/c1-24(2,3)27-13-20(29)28-19(23(27)30)12-17-16-6-4-5-7-18(16)26-21(17)22(28)14-8-10-15(25)11-9-14/h4-11,19,22,26H,12-13H2,1-3H3/t19-,22+/m0/s1. The first kappa shape index (κ1) is 19.2. The third kappa shape index (κ3) is 2.83. The van der Waals surface area contributed by atoms with Gasteiger partial charge in [0.2, 0.25) is 11.8 Å². The molecule has 2 aliphatic heterocycles. The molecule has 0 radical (unpaired) electrons. The lowest BCUT2D eigenvalue weighted by molar-refractivity contribution is -0.163. The molecule has 3 aromatic rings. The molecular formula is C24H24ClN3O2. The Labute approximate surface area is 180 Å². The van der Waals surface area contributed by atoms with Crippen LogP contribution in [-0.4, -0.2) is 44.7 Å². The number of nitrogens with one attached hydrogen (secondary N) is 1. The number of H-pyrrole nitrogens is 1. The van der Waals surface area contributed by atoms with Crippen molar-refractivity contribution in [3.63, 3.8) is 0 Å². The van der Waals surface area contributed by atoms with Gasteiger partial charge in [-0.05, 0) is 50.1 Å². The van der Waals surface area contributed by atoms with E-state index in [1.54, 1.807) is 9.80 Å². The number of amides is 2. The van der Waals surface area contributed by atoms with Crippen LogP contribution in [-0.2, 0) is 16.0 Å². The highest BCUT2D eigenvalue weighted by atomic mass is 35.5. The summed E-state index contributed by atoms with van der Waals surface area (Å²) in [5, 5.41) is 1.75. The van der Waals surface area contributed by atoms with E-state index in [1.165, 1.54) is 0 Å². The average Bonchev–Trinajstić information content (AvgIpc) is 3.07. The maximum Gasteiger partial charge on any atom is 0.246 e. The molecule has 0 saturated carbocycles. The van der Waals surface area contributed by atoms with Gasteiger partial charge in [-0.1, -0.05) is 41.9 Å². The van der Waals surface area contributed by atoms with E-state index in [9.17, 15) is 9.59 Å². The number of fused-ring (bicyclic) bond motifs is 4. The van der Waals surface area contributed by atoms with Crippen molar-refractivity contribution in [3.05, 3.63) is 70.4 Å². The number of halogens is 1. The summed E-state index contributed by atoms with van der Waals surface area (Å²) in [6.45, 7) is 6.03. The molecule has 2 aliphatic rings. The molecule has 1 fully saturated rings. The first-order valence-electron chi connectivity index (χ1n) is 10.2. The lowest BCUT2D eigenvalue weighted by atomic mass is 9.85. The van der Waals surface area contributed by atoms with Gasteiger partial charge in [0.1, 0.15) is 12.6 Å². The fourth-order valence-corrected chi connectivity index (χ4v) is 4.95. The average molecular weight is 422 g/mol. The van der Waals surface area contributed by atoms with Crippen molar-refractivity contribution in [2.75, 3.05) is 6.54 Å². The fourth-order valence-electron chi connectivity index (χ4n) is 4.82. The van der Waals surface area contributed by atoms with Crippen LogP contribution in [0.2, 0.25) is 5.02 Å². The van der Waals surface area contributed by atoms with Gasteiger partial charge in [0.05, 0.1) is 6.04 Å².